The van der Waals surface area contributed by atoms with Crippen LogP contribution in [-0.4, -0.2) is 182 Å². The third kappa shape index (κ3) is 18.1. The Morgan fingerprint density at radius 3 is 1.38 bits per heavy atom. The van der Waals surface area contributed by atoms with E-state index in [1.165, 1.54) is 11.8 Å². The van der Waals surface area contributed by atoms with Crippen LogP contribution in [0.1, 0.15) is 159 Å². The first-order valence-electron chi connectivity index (χ1n) is 28.1. The van der Waals surface area contributed by atoms with Gasteiger partial charge >= 0.3 is 11.9 Å². The Balaban J connectivity index is 1.17. The minimum absolute atomic E-state index is 0.117. The van der Waals surface area contributed by atoms with Crippen LogP contribution in [0.5, 0.6) is 0 Å². The molecule has 0 unspecified atom stereocenters. The normalized spacial score (nSPS) is 22.6. The maximum atomic E-state index is 13.9. The quantitative estimate of drug-likeness (QED) is 0.0551. The molecule has 0 bridgehead atoms. The molecule has 4 heterocycles. The van der Waals surface area contributed by atoms with Gasteiger partial charge in [0, 0.05) is 62.1 Å². The Hall–Kier alpha value is -5.87. The standard InChI is InChI=1S/C54H90N10O13/c1-30(2)44(53(75)64-27-13-17-41(64)50(72)60-45(31(3)4)54(76)77)59-48(70)34(7)19-21-37-14-10-24-61(37)42(65)29-56-46(68)32(5)18-22-38-15-11-25-62(38)51(73)35(8)57-47(69)33(6)20-23-39-16-12-26-63(39)52(74)36(9)58-49(71)40(55)28-43(66)67/h30-41,44-45H,10-29,55H2,1-9H3,(H,56,68)(H,57,69)(H,58,71)(H,59,70)(H,60,72)(H,66,67)(H,76,77)/t32-,33-,34-,35+,36+,37+,38+,39+,40-,41+,44-,45-/m1/s1. The molecule has 12 atom stereocenters. The molecular formula is C54H90N10O13. The van der Waals surface area contributed by atoms with Gasteiger partial charge in [-0.25, -0.2) is 4.79 Å². The molecule has 0 saturated carbocycles. The second kappa shape index (κ2) is 29.8. The number of nitrogens with two attached hydrogens (primary N) is 1. The molecule has 0 aliphatic carbocycles. The van der Waals surface area contributed by atoms with E-state index in [1.807, 2.05) is 13.8 Å². The van der Waals surface area contributed by atoms with Crippen LogP contribution in [0.15, 0.2) is 0 Å². The molecule has 0 radical (unpaired) electrons. The van der Waals surface area contributed by atoms with Gasteiger partial charge in [0.15, 0.2) is 0 Å². The summed E-state index contributed by atoms with van der Waals surface area (Å²) in [5.74, 6) is -7.68. The van der Waals surface area contributed by atoms with Crippen LogP contribution in [0.25, 0.3) is 0 Å². The monoisotopic (exact) mass is 1090 g/mol. The minimum atomic E-state index is -1.28. The zero-order chi connectivity index (χ0) is 57.4. The predicted molar refractivity (Wildman–Crippen MR) is 284 cm³/mol. The van der Waals surface area contributed by atoms with E-state index < -0.39 is 90.1 Å². The van der Waals surface area contributed by atoms with E-state index in [2.05, 4.69) is 26.6 Å². The molecule has 9 N–H and O–H groups in total. The molecule has 4 aliphatic rings. The van der Waals surface area contributed by atoms with Crippen LogP contribution in [0, 0.1) is 29.6 Å². The van der Waals surface area contributed by atoms with Gasteiger partial charge in [-0.1, -0.05) is 48.5 Å². The van der Waals surface area contributed by atoms with Gasteiger partial charge < -0.3 is 62.1 Å². The van der Waals surface area contributed by atoms with E-state index in [4.69, 9.17) is 10.8 Å². The molecule has 0 spiro atoms. The van der Waals surface area contributed by atoms with Crippen LogP contribution >= 0.6 is 0 Å². The lowest BCUT2D eigenvalue weighted by atomic mass is 9.97. The maximum absolute atomic E-state index is 13.9. The van der Waals surface area contributed by atoms with Crippen LogP contribution in [-0.2, 0) is 52.7 Å². The van der Waals surface area contributed by atoms with E-state index in [1.54, 1.807) is 56.2 Å². The van der Waals surface area contributed by atoms with Gasteiger partial charge in [-0.15, -0.1) is 0 Å². The first-order valence-corrected chi connectivity index (χ1v) is 28.1. The summed E-state index contributed by atoms with van der Waals surface area (Å²) in [7, 11) is 0. The van der Waals surface area contributed by atoms with Gasteiger partial charge in [-0.2, -0.15) is 0 Å². The molecule has 0 aromatic heterocycles. The zero-order valence-corrected chi connectivity index (χ0v) is 47.0. The van der Waals surface area contributed by atoms with E-state index in [9.17, 15) is 57.8 Å². The number of carboxylic acids is 2. The number of carbonyl (C=O) groups excluding carboxylic acids is 9. The molecule has 0 aromatic carbocycles. The molecule has 23 heteroatoms. The topological polar surface area (TPSA) is 327 Å². The van der Waals surface area contributed by atoms with Gasteiger partial charge in [0.1, 0.15) is 30.2 Å². The van der Waals surface area contributed by atoms with Crippen molar-refractivity contribution in [3.8, 4) is 0 Å². The molecule has 9 amide bonds. The maximum Gasteiger partial charge on any atom is 0.326 e. The summed E-state index contributed by atoms with van der Waals surface area (Å²) in [6.07, 6.45) is 7.97. The van der Waals surface area contributed by atoms with Crippen molar-refractivity contribution in [2.45, 2.75) is 213 Å². The number of hydrogen-bond acceptors (Lipinski definition) is 12. The molecule has 0 aromatic rings. The lowest BCUT2D eigenvalue weighted by Crippen LogP contribution is -2.57. The number of carboxylic acid groups (broad SMARTS) is 2. The van der Waals surface area contributed by atoms with E-state index in [-0.39, 0.29) is 71.9 Å². The van der Waals surface area contributed by atoms with Crippen molar-refractivity contribution in [1.29, 1.82) is 0 Å². The highest BCUT2D eigenvalue weighted by Crippen LogP contribution is 2.28. The van der Waals surface area contributed by atoms with E-state index in [0.717, 1.165) is 38.5 Å². The van der Waals surface area contributed by atoms with Crippen molar-refractivity contribution in [2.75, 3.05) is 32.7 Å². The van der Waals surface area contributed by atoms with Crippen LogP contribution < -0.4 is 32.3 Å². The Kier molecular flexibility index (Phi) is 24.6. The summed E-state index contributed by atoms with van der Waals surface area (Å²) < 4.78 is 0. The summed E-state index contributed by atoms with van der Waals surface area (Å²) >= 11 is 0. The molecule has 23 nitrogen and oxygen atoms in total. The lowest BCUT2D eigenvalue weighted by molar-refractivity contribution is -0.146. The van der Waals surface area contributed by atoms with Gasteiger partial charge in [0.05, 0.1) is 19.0 Å². The fourth-order valence-electron chi connectivity index (χ4n) is 11.1. The molecule has 4 fully saturated rings. The second-order valence-corrected chi connectivity index (χ2v) is 22.8. The Labute approximate surface area is 454 Å². The molecule has 4 aliphatic heterocycles. The third-order valence-corrected chi connectivity index (χ3v) is 16.1. The summed E-state index contributed by atoms with van der Waals surface area (Å²) in [6.45, 7) is 17.2. The summed E-state index contributed by atoms with van der Waals surface area (Å²) in [5.41, 5.74) is 5.65. The first kappa shape index (κ1) is 63.7. The number of likely N-dealkylation sites (tertiary alicyclic amines) is 4. The van der Waals surface area contributed by atoms with Crippen LogP contribution in [0.4, 0.5) is 0 Å². The van der Waals surface area contributed by atoms with Crippen LogP contribution in [0.3, 0.4) is 0 Å². The van der Waals surface area contributed by atoms with Gasteiger partial charge in [-0.05, 0) is 116 Å². The Bertz CT molecular complexity index is 2120. The summed E-state index contributed by atoms with van der Waals surface area (Å²) in [4.78, 5) is 149. The largest absolute Gasteiger partial charge is 0.481 e. The van der Waals surface area contributed by atoms with Crippen molar-refractivity contribution >= 4 is 65.1 Å². The van der Waals surface area contributed by atoms with E-state index in [0.29, 0.717) is 77.5 Å². The highest BCUT2D eigenvalue weighted by atomic mass is 16.4. The summed E-state index contributed by atoms with van der Waals surface area (Å²) in [5, 5.41) is 32.2. The van der Waals surface area contributed by atoms with Crippen molar-refractivity contribution < 1.29 is 63.0 Å². The third-order valence-electron chi connectivity index (χ3n) is 16.1. The lowest BCUT2D eigenvalue weighted by Gasteiger charge is -2.32. The first-order chi connectivity index (χ1) is 36.2. The summed E-state index contributed by atoms with van der Waals surface area (Å²) in [6, 6.07) is -6.20. The smallest absolute Gasteiger partial charge is 0.326 e. The SMILES string of the molecule is CC(C)[C@@H](NC(=O)[C@@H]1CCCN1C(=O)[C@H](NC(=O)[C@H](C)CC[C@@H]1CCCN1C(=O)CNC(=O)[C@H](C)CC[C@@H]1CCCN1C(=O)[C@H](C)NC(=O)[C@H](C)CC[C@@H]1CCCN1C(=O)[C@H](C)NC(=O)[C@H](N)CC(=O)O)C(C)C)C(=O)O. The van der Waals surface area contributed by atoms with Gasteiger partial charge in [-0.3, -0.25) is 47.9 Å². The number of nitrogens with one attached hydrogen (secondary N) is 5. The average Bonchev–Trinajstić information content (AvgIpc) is 4.23. The number of aliphatic carboxylic acids is 2. The number of carbonyl (C=O) groups is 11. The van der Waals surface area contributed by atoms with E-state index >= 15 is 0 Å². The number of amides is 9. The van der Waals surface area contributed by atoms with Crippen molar-refractivity contribution in [3.63, 3.8) is 0 Å². The Morgan fingerprint density at radius 2 is 0.909 bits per heavy atom. The number of nitrogens with zero attached hydrogens (tertiary/aromatic N) is 4. The highest BCUT2D eigenvalue weighted by Gasteiger charge is 2.41. The molecular weight excluding hydrogens is 997 g/mol. The van der Waals surface area contributed by atoms with Crippen molar-refractivity contribution in [2.24, 2.45) is 35.3 Å². The Morgan fingerprint density at radius 1 is 0.494 bits per heavy atom. The van der Waals surface area contributed by atoms with Gasteiger partial charge in [0.2, 0.25) is 53.2 Å². The second-order valence-electron chi connectivity index (χ2n) is 22.8. The average molecular weight is 1090 g/mol. The fourth-order valence-corrected chi connectivity index (χ4v) is 11.1. The fraction of sp³-hybridized carbons (Fsp3) is 0.796. The molecule has 4 saturated heterocycles. The number of hydrogen-bond donors (Lipinski definition) is 8. The van der Waals surface area contributed by atoms with Gasteiger partial charge in [0.25, 0.3) is 0 Å². The molecule has 434 valence electrons. The molecule has 77 heavy (non-hydrogen) atoms. The van der Waals surface area contributed by atoms with Crippen molar-refractivity contribution in [1.82, 2.24) is 46.2 Å². The minimum Gasteiger partial charge on any atom is -0.481 e. The number of rotatable bonds is 28. The van der Waals surface area contributed by atoms with Crippen molar-refractivity contribution in [3.05, 3.63) is 0 Å². The predicted octanol–water partition coefficient (Wildman–Crippen LogP) is 1.49. The molecule has 4 rings (SSSR count). The van der Waals surface area contributed by atoms with Crippen LogP contribution in [0.2, 0.25) is 0 Å². The zero-order valence-electron chi connectivity index (χ0n) is 47.0. The highest BCUT2D eigenvalue weighted by molar-refractivity contribution is 5.95.